The number of likely N-dealkylation sites (tertiary alicyclic amines) is 1. The largest absolute Gasteiger partial charge is 0.444 e. The van der Waals surface area contributed by atoms with Gasteiger partial charge in [0.25, 0.3) is 0 Å². The summed E-state index contributed by atoms with van der Waals surface area (Å²) in [6.45, 7) is 10.1. The van der Waals surface area contributed by atoms with E-state index < -0.39 is 17.3 Å². The topological polar surface area (TPSA) is 109 Å². The molecule has 1 fully saturated rings. The van der Waals surface area contributed by atoms with Crippen molar-refractivity contribution in [1.29, 1.82) is 0 Å². The van der Waals surface area contributed by atoms with Crippen molar-refractivity contribution in [2.45, 2.75) is 76.6 Å². The molecule has 1 saturated heterocycles. The van der Waals surface area contributed by atoms with Gasteiger partial charge in [0.1, 0.15) is 11.4 Å². The van der Waals surface area contributed by atoms with Crippen LogP contribution in [0.3, 0.4) is 0 Å². The summed E-state index contributed by atoms with van der Waals surface area (Å²) in [6.07, 6.45) is 7.89. The van der Waals surface area contributed by atoms with E-state index in [0.29, 0.717) is 24.3 Å². The van der Waals surface area contributed by atoms with E-state index in [9.17, 15) is 15.0 Å². The second-order valence-electron chi connectivity index (χ2n) is 9.82. The van der Waals surface area contributed by atoms with Crippen LogP contribution in [0, 0.1) is 0 Å². The lowest BCUT2D eigenvalue weighted by molar-refractivity contribution is 0.0197. The first-order valence-electron chi connectivity index (χ1n) is 10.9. The van der Waals surface area contributed by atoms with Crippen LogP contribution >= 0.6 is 0 Å². The number of aliphatic hydroxyl groups excluding tert-OH is 1. The van der Waals surface area contributed by atoms with Crippen LogP contribution in [0.4, 0.5) is 10.6 Å². The fourth-order valence-corrected chi connectivity index (χ4v) is 4.41. The Labute approximate surface area is 184 Å². The number of hydrogen-bond donors (Lipinski definition) is 3. The van der Waals surface area contributed by atoms with E-state index in [1.54, 1.807) is 24.8 Å². The second-order valence-corrected chi connectivity index (χ2v) is 9.82. The number of allylic oxidation sites excluding steroid dienone is 2. The van der Waals surface area contributed by atoms with E-state index in [-0.39, 0.29) is 23.7 Å². The van der Waals surface area contributed by atoms with Crippen molar-refractivity contribution in [2.75, 3.05) is 18.8 Å². The number of anilines is 1. The molecule has 3 rings (SSSR count). The molecule has 0 saturated carbocycles. The van der Waals surface area contributed by atoms with Crippen LogP contribution in [0.25, 0.3) is 0 Å². The van der Waals surface area contributed by atoms with Gasteiger partial charge in [-0.25, -0.2) is 9.78 Å². The van der Waals surface area contributed by atoms with E-state index >= 15 is 0 Å². The van der Waals surface area contributed by atoms with Crippen LogP contribution in [-0.4, -0.2) is 50.5 Å². The number of piperidine rings is 1. The van der Waals surface area contributed by atoms with Gasteiger partial charge in [-0.15, -0.1) is 0 Å². The number of amides is 1. The maximum atomic E-state index is 12.6. The highest BCUT2D eigenvalue weighted by Gasteiger charge is 2.35. The summed E-state index contributed by atoms with van der Waals surface area (Å²) in [5.74, 6) is -0.106. The summed E-state index contributed by atoms with van der Waals surface area (Å²) in [5.41, 5.74) is 6.77. The molecule has 0 aromatic carbocycles. The molecule has 1 aliphatic carbocycles. The molecule has 170 valence electrons. The number of nitrogen functional groups attached to an aromatic ring is 1. The summed E-state index contributed by atoms with van der Waals surface area (Å²) >= 11 is 0. The molecule has 2 aliphatic rings. The average Bonchev–Trinajstić information content (AvgIpc) is 2.65. The summed E-state index contributed by atoms with van der Waals surface area (Å²) < 4.78 is 5.56. The van der Waals surface area contributed by atoms with Crippen LogP contribution in [0.2, 0.25) is 0 Å². The highest BCUT2D eigenvalue weighted by molar-refractivity contribution is 5.68. The lowest BCUT2D eigenvalue weighted by Crippen LogP contribution is -2.42. The molecule has 31 heavy (non-hydrogen) atoms. The number of ether oxygens (including phenoxy) is 1. The summed E-state index contributed by atoms with van der Waals surface area (Å²) in [7, 11) is 0. The van der Waals surface area contributed by atoms with Crippen molar-refractivity contribution in [2.24, 2.45) is 0 Å². The van der Waals surface area contributed by atoms with Crippen LogP contribution in [0.1, 0.15) is 82.2 Å². The van der Waals surface area contributed by atoms with Crippen LogP contribution in [-0.2, 0) is 4.74 Å². The highest BCUT2D eigenvalue weighted by atomic mass is 16.6. The molecule has 4 N–H and O–H groups in total. The Bertz CT molecular complexity index is 884. The van der Waals surface area contributed by atoms with Crippen molar-refractivity contribution < 1.29 is 19.7 Å². The Balaban J connectivity index is 1.97. The van der Waals surface area contributed by atoms with Gasteiger partial charge in [-0.3, -0.25) is 0 Å². The third-order valence-electron chi connectivity index (χ3n) is 5.87. The number of aromatic nitrogens is 1. The lowest BCUT2D eigenvalue weighted by Gasteiger charge is -2.36. The maximum absolute atomic E-state index is 12.6. The normalized spacial score (nSPS) is 27.3. The van der Waals surface area contributed by atoms with Crippen molar-refractivity contribution in [3.8, 4) is 0 Å². The van der Waals surface area contributed by atoms with E-state index in [4.69, 9.17) is 10.5 Å². The van der Waals surface area contributed by atoms with Gasteiger partial charge >= 0.3 is 6.09 Å². The van der Waals surface area contributed by atoms with Gasteiger partial charge in [0, 0.05) is 24.6 Å². The van der Waals surface area contributed by atoms with Crippen molar-refractivity contribution >= 4 is 11.9 Å². The number of hydrogen-bond acceptors (Lipinski definition) is 6. The molecule has 0 radical (unpaired) electrons. The average molecular weight is 430 g/mol. The fourth-order valence-electron chi connectivity index (χ4n) is 4.41. The molecule has 0 bridgehead atoms. The minimum absolute atomic E-state index is 0.0111. The highest BCUT2D eigenvalue weighted by Crippen LogP contribution is 2.39. The smallest absolute Gasteiger partial charge is 0.410 e. The molecule has 4 unspecified atom stereocenters. The van der Waals surface area contributed by atoms with Gasteiger partial charge in [-0.2, -0.15) is 0 Å². The Morgan fingerprint density at radius 3 is 2.71 bits per heavy atom. The van der Waals surface area contributed by atoms with E-state index in [1.807, 2.05) is 45.1 Å². The predicted octanol–water partition coefficient (Wildman–Crippen LogP) is 3.79. The van der Waals surface area contributed by atoms with E-state index in [1.165, 1.54) is 0 Å². The van der Waals surface area contributed by atoms with Crippen LogP contribution < -0.4 is 5.73 Å². The molecule has 4 atom stereocenters. The summed E-state index contributed by atoms with van der Waals surface area (Å²) in [4.78, 5) is 18.9. The van der Waals surface area contributed by atoms with Gasteiger partial charge < -0.3 is 25.6 Å². The van der Waals surface area contributed by atoms with Crippen molar-refractivity contribution in [3.05, 3.63) is 47.2 Å². The molecule has 7 nitrogen and oxygen atoms in total. The maximum Gasteiger partial charge on any atom is 0.410 e. The van der Waals surface area contributed by atoms with Gasteiger partial charge in [-0.05, 0) is 59.1 Å². The summed E-state index contributed by atoms with van der Waals surface area (Å²) in [5, 5.41) is 21.3. The third kappa shape index (κ3) is 5.28. The Hall–Kier alpha value is -2.38. The molecule has 7 heteroatoms. The molecule has 1 aliphatic heterocycles. The van der Waals surface area contributed by atoms with E-state index in [0.717, 1.165) is 18.4 Å². The Morgan fingerprint density at radius 2 is 2.10 bits per heavy atom. The Kier molecular flexibility index (Phi) is 6.48. The van der Waals surface area contributed by atoms with Gasteiger partial charge in [-0.1, -0.05) is 24.3 Å². The monoisotopic (exact) mass is 429 g/mol. The minimum atomic E-state index is -1.09. The number of nitrogens with zero attached hydrogens (tertiary/aromatic N) is 2. The standard InChI is InChI=1S/C24H35N3O4/c1-15(28)20-17(16-9-8-12-27(14-16)22(29)31-23(2,3)4)13-19(26-21(20)25)18-10-6-7-11-24(18,5)30/h6-7,10-11,13,15-16,18,28,30H,8-9,12,14H2,1-5H3,(H2,25,26). The molecular formula is C24H35N3O4. The zero-order chi connectivity index (χ0) is 23.0. The third-order valence-corrected chi connectivity index (χ3v) is 5.87. The summed E-state index contributed by atoms with van der Waals surface area (Å²) in [6, 6.07) is 1.93. The van der Waals surface area contributed by atoms with Gasteiger partial charge in [0.15, 0.2) is 0 Å². The molecular weight excluding hydrogens is 394 g/mol. The van der Waals surface area contributed by atoms with Gasteiger partial charge in [0.05, 0.1) is 23.3 Å². The first-order valence-corrected chi connectivity index (χ1v) is 10.9. The minimum Gasteiger partial charge on any atom is -0.444 e. The zero-order valence-corrected chi connectivity index (χ0v) is 19.1. The lowest BCUT2D eigenvalue weighted by atomic mass is 9.80. The van der Waals surface area contributed by atoms with Crippen LogP contribution in [0.15, 0.2) is 30.4 Å². The number of pyridine rings is 1. The quantitative estimate of drug-likeness (QED) is 0.674. The second kappa shape index (κ2) is 8.63. The van der Waals surface area contributed by atoms with Crippen molar-refractivity contribution in [3.63, 3.8) is 0 Å². The molecule has 1 amide bonds. The number of rotatable bonds is 3. The van der Waals surface area contributed by atoms with E-state index in [2.05, 4.69) is 4.98 Å². The zero-order valence-electron chi connectivity index (χ0n) is 19.1. The molecule has 1 aromatic heterocycles. The first kappa shape index (κ1) is 23.3. The number of carbonyl (C=O) groups is 1. The fraction of sp³-hybridized carbons (Fsp3) is 0.583. The SMILES string of the molecule is CC(O)c1c(C2CCCN(C(=O)OC(C)(C)C)C2)cc(C2C=CC=CC2(C)O)nc1N. The van der Waals surface area contributed by atoms with Crippen molar-refractivity contribution in [1.82, 2.24) is 9.88 Å². The number of aliphatic hydroxyl groups is 2. The predicted molar refractivity (Wildman–Crippen MR) is 121 cm³/mol. The Morgan fingerprint density at radius 1 is 1.39 bits per heavy atom. The van der Waals surface area contributed by atoms with Gasteiger partial charge in [0.2, 0.25) is 0 Å². The first-order chi connectivity index (χ1) is 14.4. The molecule has 2 heterocycles. The number of nitrogens with two attached hydrogens (primary N) is 1. The molecule has 0 spiro atoms. The van der Waals surface area contributed by atoms with Crippen LogP contribution in [0.5, 0.6) is 0 Å². The number of carbonyl (C=O) groups excluding carboxylic acids is 1. The molecule has 1 aromatic rings.